The summed E-state index contributed by atoms with van der Waals surface area (Å²) >= 11 is 0. The fourth-order valence-electron chi connectivity index (χ4n) is 1.67. The monoisotopic (exact) mass is 266 g/mol. The Bertz CT molecular complexity index is 403. The van der Waals surface area contributed by atoms with Crippen LogP contribution in [-0.4, -0.2) is 49.0 Å². The van der Waals surface area contributed by atoms with E-state index in [1.165, 1.54) is 0 Å². The molecule has 0 fully saturated rings. The summed E-state index contributed by atoms with van der Waals surface area (Å²) in [5.41, 5.74) is 0.546. The van der Waals surface area contributed by atoms with E-state index in [1.807, 2.05) is 38.1 Å². The van der Waals surface area contributed by atoms with E-state index in [-0.39, 0.29) is 19.1 Å². The highest BCUT2D eigenvalue weighted by molar-refractivity contribution is 5.95. The van der Waals surface area contributed by atoms with Crippen molar-refractivity contribution in [2.24, 2.45) is 0 Å². The minimum absolute atomic E-state index is 0.290. The molecule has 0 aromatic heterocycles. The van der Waals surface area contributed by atoms with Crippen molar-refractivity contribution in [3.05, 3.63) is 29.8 Å². The van der Waals surface area contributed by atoms with Crippen LogP contribution >= 0.6 is 0 Å². The molecule has 5 heteroatoms. The van der Waals surface area contributed by atoms with Crippen LogP contribution in [0.5, 0.6) is 0 Å². The third-order valence-electron chi connectivity index (χ3n) is 3.31. The third kappa shape index (κ3) is 3.68. The van der Waals surface area contributed by atoms with E-state index in [1.54, 1.807) is 12.1 Å². The lowest BCUT2D eigenvalue weighted by molar-refractivity contribution is 0.0653. The SMILES string of the molecule is CCC(CO)(CO)NC(=O)c1ccc(N(C)C)cc1. The van der Waals surface area contributed by atoms with Crippen molar-refractivity contribution in [3.8, 4) is 0 Å². The first kappa shape index (κ1) is 15.5. The first-order valence-corrected chi connectivity index (χ1v) is 6.29. The minimum atomic E-state index is -0.961. The molecule has 3 N–H and O–H groups in total. The summed E-state index contributed by atoms with van der Waals surface area (Å²) in [4.78, 5) is 14.0. The molecule has 0 heterocycles. The fourth-order valence-corrected chi connectivity index (χ4v) is 1.67. The van der Waals surface area contributed by atoms with E-state index >= 15 is 0 Å². The number of hydrogen-bond acceptors (Lipinski definition) is 4. The summed E-state index contributed by atoms with van der Waals surface area (Å²) in [6.07, 6.45) is 0.460. The molecule has 1 rings (SSSR count). The van der Waals surface area contributed by atoms with Crippen molar-refractivity contribution < 1.29 is 15.0 Å². The summed E-state index contributed by atoms with van der Waals surface area (Å²) in [6.45, 7) is 1.23. The van der Waals surface area contributed by atoms with Crippen LogP contribution in [0.3, 0.4) is 0 Å². The Balaban J connectivity index is 2.83. The summed E-state index contributed by atoms with van der Waals surface area (Å²) in [6, 6.07) is 7.14. The molecule has 0 unspecified atom stereocenters. The Morgan fingerprint density at radius 1 is 1.21 bits per heavy atom. The molecule has 5 nitrogen and oxygen atoms in total. The third-order valence-corrected chi connectivity index (χ3v) is 3.31. The van der Waals surface area contributed by atoms with Crippen molar-refractivity contribution in [1.29, 1.82) is 0 Å². The quantitative estimate of drug-likeness (QED) is 0.705. The van der Waals surface area contributed by atoms with E-state index in [0.717, 1.165) is 5.69 Å². The maximum Gasteiger partial charge on any atom is 0.251 e. The van der Waals surface area contributed by atoms with Gasteiger partial charge in [0.1, 0.15) is 0 Å². The van der Waals surface area contributed by atoms with Crippen LogP contribution in [-0.2, 0) is 0 Å². The maximum atomic E-state index is 12.1. The number of amides is 1. The predicted octanol–water partition coefficient (Wildman–Crippen LogP) is 0.616. The van der Waals surface area contributed by atoms with E-state index in [4.69, 9.17) is 0 Å². The van der Waals surface area contributed by atoms with Crippen molar-refractivity contribution >= 4 is 11.6 Å². The Morgan fingerprint density at radius 3 is 2.11 bits per heavy atom. The maximum absolute atomic E-state index is 12.1. The Hall–Kier alpha value is -1.59. The highest BCUT2D eigenvalue weighted by Crippen LogP contribution is 2.14. The van der Waals surface area contributed by atoms with Crippen LogP contribution in [0.1, 0.15) is 23.7 Å². The number of rotatable bonds is 6. The van der Waals surface area contributed by atoms with Gasteiger partial charge in [0.25, 0.3) is 5.91 Å². The zero-order chi connectivity index (χ0) is 14.5. The standard InChI is InChI=1S/C14H22N2O3/c1-4-14(9-17,10-18)15-13(19)11-5-7-12(8-6-11)16(2)3/h5-8,17-18H,4,9-10H2,1-3H3,(H,15,19). The van der Waals surface area contributed by atoms with Gasteiger partial charge in [-0.05, 0) is 30.7 Å². The Labute approximate surface area is 113 Å². The van der Waals surface area contributed by atoms with Gasteiger partial charge in [-0.25, -0.2) is 0 Å². The van der Waals surface area contributed by atoms with Crippen LogP contribution in [0.4, 0.5) is 5.69 Å². The molecule has 0 aliphatic rings. The van der Waals surface area contributed by atoms with Gasteiger partial charge in [-0.2, -0.15) is 0 Å². The lowest BCUT2D eigenvalue weighted by Gasteiger charge is -2.29. The molecule has 19 heavy (non-hydrogen) atoms. The lowest BCUT2D eigenvalue weighted by atomic mass is 9.98. The van der Waals surface area contributed by atoms with Crippen LogP contribution in [0.25, 0.3) is 0 Å². The number of carbonyl (C=O) groups is 1. The summed E-state index contributed by atoms with van der Waals surface area (Å²) in [5, 5.41) is 21.3. The molecule has 0 atom stereocenters. The smallest absolute Gasteiger partial charge is 0.251 e. The van der Waals surface area contributed by atoms with E-state index in [9.17, 15) is 15.0 Å². The van der Waals surface area contributed by atoms with Crippen molar-refractivity contribution in [2.75, 3.05) is 32.2 Å². The van der Waals surface area contributed by atoms with Crippen LogP contribution in [0, 0.1) is 0 Å². The first-order valence-electron chi connectivity index (χ1n) is 6.29. The number of benzene rings is 1. The fraction of sp³-hybridized carbons (Fsp3) is 0.500. The second-order valence-electron chi connectivity index (χ2n) is 4.85. The zero-order valence-electron chi connectivity index (χ0n) is 11.7. The van der Waals surface area contributed by atoms with Gasteiger partial charge >= 0.3 is 0 Å². The van der Waals surface area contributed by atoms with Crippen LogP contribution < -0.4 is 10.2 Å². The van der Waals surface area contributed by atoms with Crippen molar-refractivity contribution in [1.82, 2.24) is 5.32 Å². The predicted molar refractivity (Wildman–Crippen MR) is 75.4 cm³/mol. The molecule has 0 radical (unpaired) electrons. The number of nitrogens with one attached hydrogen (secondary N) is 1. The zero-order valence-corrected chi connectivity index (χ0v) is 11.7. The molecule has 0 saturated carbocycles. The Morgan fingerprint density at radius 2 is 1.74 bits per heavy atom. The van der Waals surface area contributed by atoms with Gasteiger partial charge < -0.3 is 20.4 Å². The van der Waals surface area contributed by atoms with Crippen molar-refractivity contribution in [3.63, 3.8) is 0 Å². The van der Waals surface area contributed by atoms with Gasteiger partial charge in [-0.3, -0.25) is 4.79 Å². The van der Waals surface area contributed by atoms with Gasteiger partial charge in [0.2, 0.25) is 0 Å². The molecule has 0 spiro atoms. The average Bonchev–Trinajstić information content (AvgIpc) is 2.45. The van der Waals surface area contributed by atoms with Gasteiger partial charge in [0.15, 0.2) is 0 Å². The van der Waals surface area contributed by atoms with E-state index < -0.39 is 5.54 Å². The molecule has 106 valence electrons. The van der Waals surface area contributed by atoms with E-state index in [2.05, 4.69) is 5.32 Å². The first-order chi connectivity index (χ1) is 8.98. The average molecular weight is 266 g/mol. The van der Waals surface area contributed by atoms with Gasteiger partial charge in [-0.1, -0.05) is 6.92 Å². The molecule has 1 amide bonds. The Kier molecular flexibility index (Phi) is 5.32. The lowest BCUT2D eigenvalue weighted by Crippen LogP contribution is -2.53. The second kappa shape index (κ2) is 6.54. The van der Waals surface area contributed by atoms with Gasteiger partial charge in [-0.15, -0.1) is 0 Å². The van der Waals surface area contributed by atoms with E-state index in [0.29, 0.717) is 12.0 Å². The topological polar surface area (TPSA) is 72.8 Å². The van der Waals surface area contributed by atoms with Gasteiger partial charge in [0, 0.05) is 25.3 Å². The number of aliphatic hydroxyl groups excluding tert-OH is 2. The largest absolute Gasteiger partial charge is 0.394 e. The van der Waals surface area contributed by atoms with Crippen molar-refractivity contribution in [2.45, 2.75) is 18.9 Å². The highest BCUT2D eigenvalue weighted by Gasteiger charge is 2.28. The molecular weight excluding hydrogens is 244 g/mol. The molecule has 1 aromatic carbocycles. The molecule has 0 bridgehead atoms. The van der Waals surface area contributed by atoms with Crippen LogP contribution in [0.15, 0.2) is 24.3 Å². The summed E-state index contributed by atoms with van der Waals surface area (Å²) in [5.74, 6) is -0.296. The molecule has 0 aliphatic heterocycles. The number of aliphatic hydroxyl groups is 2. The summed E-state index contributed by atoms with van der Waals surface area (Å²) in [7, 11) is 3.85. The molecular formula is C14H22N2O3. The second-order valence-corrected chi connectivity index (χ2v) is 4.85. The number of carbonyl (C=O) groups excluding carboxylic acids is 1. The van der Waals surface area contributed by atoms with Crippen LogP contribution in [0.2, 0.25) is 0 Å². The minimum Gasteiger partial charge on any atom is -0.394 e. The summed E-state index contributed by atoms with van der Waals surface area (Å²) < 4.78 is 0. The number of anilines is 1. The van der Waals surface area contributed by atoms with Gasteiger partial charge in [0.05, 0.1) is 18.8 Å². The molecule has 1 aromatic rings. The molecule has 0 aliphatic carbocycles. The normalized spacial score (nSPS) is 11.2. The number of hydrogen-bond donors (Lipinski definition) is 3. The highest BCUT2D eigenvalue weighted by atomic mass is 16.3. The molecule has 0 saturated heterocycles. The number of nitrogens with zero attached hydrogens (tertiary/aromatic N) is 1.